The van der Waals surface area contributed by atoms with E-state index >= 15 is 0 Å². The summed E-state index contributed by atoms with van der Waals surface area (Å²) in [6, 6.07) is 10.0. The van der Waals surface area contributed by atoms with Gasteiger partial charge in [-0.3, -0.25) is 9.59 Å². The molecule has 2 N–H and O–H groups in total. The summed E-state index contributed by atoms with van der Waals surface area (Å²) in [6.45, 7) is 0.0881. The van der Waals surface area contributed by atoms with Gasteiger partial charge in [-0.1, -0.05) is 40.9 Å². The quantitative estimate of drug-likeness (QED) is 0.276. The molecule has 1 aliphatic heterocycles. The lowest BCUT2D eigenvalue weighted by Gasteiger charge is -2.26. The molecule has 1 aliphatic rings. The number of hydrogen-bond acceptors (Lipinski definition) is 5. The van der Waals surface area contributed by atoms with Crippen LogP contribution in [0.15, 0.2) is 48.0 Å². The molecule has 0 spiro atoms. The standard InChI is InChI=1S/C21H18Cl3NO5/c22-13-3-1-12(2-4-13)19(27)17-18(15-6-5-14(23)11-16(15)24)25(21(29)20(17)28)7-9-30-10-8-26/h1-6,11,18,26-27H,7-10H2. The van der Waals surface area contributed by atoms with Crippen molar-refractivity contribution in [1.82, 2.24) is 4.90 Å². The predicted molar refractivity (Wildman–Crippen MR) is 115 cm³/mol. The van der Waals surface area contributed by atoms with Crippen molar-refractivity contribution in [2.75, 3.05) is 26.4 Å². The van der Waals surface area contributed by atoms with E-state index in [1.54, 1.807) is 36.4 Å². The van der Waals surface area contributed by atoms with Crippen LogP contribution in [0.1, 0.15) is 17.2 Å². The number of aliphatic hydroxyl groups excluding tert-OH is 2. The van der Waals surface area contributed by atoms with Gasteiger partial charge in [-0.2, -0.15) is 0 Å². The van der Waals surface area contributed by atoms with E-state index in [1.807, 2.05) is 0 Å². The predicted octanol–water partition coefficient (Wildman–Crippen LogP) is 4.08. The van der Waals surface area contributed by atoms with Gasteiger partial charge in [0.25, 0.3) is 11.7 Å². The third-order valence-electron chi connectivity index (χ3n) is 4.63. The van der Waals surface area contributed by atoms with Crippen LogP contribution in [-0.2, 0) is 14.3 Å². The molecule has 1 unspecified atom stereocenters. The number of Topliss-reactive ketones (excluding diaryl/α,β-unsaturated/α-hetero) is 1. The number of hydrogen-bond donors (Lipinski definition) is 2. The largest absolute Gasteiger partial charge is 0.507 e. The number of carbonyl (C=O) groups is 2. The molecule has 0 radical (unpaired) electrons. The van der Waals surface area contributed by atoms with Crippen molar-refractivity contribution < 1.29 is 24.5 Å². The van der Waals surface area contributed by atoms with Crippen LogP contribution < -0.4 is 0 Å². The first-order chi connectivity index (χ1) is 14.3. The van der Waals surface area contributed by atoms with E-state index in [4.69, 9.17) is 44.6 Å². The summed E-state index contributed by atoms with van der Waals surface area (Å²) in [5.41, 5.74) is 0.690. The maximum absolute atomic E-state index is 12.9. The Morgan fingerprint density at radius 2 is 1.67 bits per heavy atom. The van der Waals surface area contributed by atoms with Gasteiger partial charge in [-0.05, 0) is 42.0 Å². The molecule has 0 bridgehead atoms. The van der Waals surface area contributed by atoms with E-state index in [-0.39, 0.29) is 42.7 Å². The average molecular weight is 471 g/mol. The molecule has 3 rings (SSSR count). The Labute approximate surface area is 188 Å². The normalized spacial score (nSPS) is 18.3. The number of likely N-dealkylation sites (tertiary alicyclic amines) is 1. The van der Waals surface area contributed by atoms with E-state index < -0.39 is 17.7 Å². The maximum atomic E-state index is 12.9. The average Bonchev–Trinajstić information content (AvgIpc) is 2.96. The van der Waals surface area contributed by atoms with Crippen LogP contribution in [0.5, 0.6) is 0 Å². The zero-order valence-corrected chi connectivity index (χ0v) is 17.9. The Kier molecular flexibility index (Phi) is 7.39. The number of benzene rings is 2. The Bertz CT molecular complexity index is 991. The van der Waals surface area contributed by atoms with Crippen molar-refractivity contribution in [3.63, 3.8) is 0 Å². The monoisotopic (exact) mass is 469 g/mol. The van der Waals surface area contributed by atoms with Crippen LogP contribution >= 0.6 is 34.8 Å². The number of carbonyl (C=O) groups excluding carboxylic acids is 2. The molecule has 1 atom stereocenters. The lowest BCUT2D eigenvalue weighted by atomic mass is 9.95. The maximum Gasteiger partial charge on any atom is 0.295 e. The van der Waals surface area contributed by atoms with Gasteiger partial charge in [-0.15, -0.1) is 0 Å². The third kappa shape index (κ3) is 4.63. The van der Waals surface area contributed by atoms with Crippen LogP contribution in [0.2, 0.25) is 15.1 Å². The molecule has 1 fully saturated rings. The molecule has 0 aromatic heterocycles. The van der Waals surface area contributed by atoms with Gasteiger partial charge in [-0.25, -0.2) is 0 Å². The minimum atomic E-state index is -0.928. The van der Waals surface area contributed by atoms with E-state index in [2.05, 4.69) is 0 Å². The summed E-state index contributed by atoms with van der Waals surface area (Å²) in [7, 11) is 0. The lowest BCUT2D eigenvalue weighted by molar-refractivity contribution is -0.140. The Morgan fingerprint density at radius 1 is 1.00 bits per heavy atom. The van der Waals surface area contributed by atoms with E-state index in [0.717, 1.165) is 0 Å². The van der Waals surface area contributed by atoms with Crippen LogP contribution in [0.3, 0.4) is 0 Å². The van der Waals surface area contributed by atoms with Crippen LogP contribution in [0, 0.1) is 0 Å². The summed E-state index contributed by atoms with van der Waals surface area (Å²) in [5, 5.41) is 20.9. The summed E-state index contributed by atoms with van der Waals surface area (Å²) >= 11 is 18.3. The number of halogens is 3. The molecule has 1 saturated heterocycles. The smallest absolute Gasteiger partial charge is 0.295 e. The zero-order chi connectivity index (χ0) is 21.8. The Morgan fingerprint density at radius 3 is 2.30 bits per heavy atom. The van der Waals surface area contributed by atoms with E-state index in [0.29, 0.717) is 21.2 Å². The van der Waals surface area contributed by atoms with Gasteiger partial charge in [0.15, 0.2) is 0 Å². The summed E-state index contributed by atoms with van der Waals surface area (Å²) in [6.07, 6.45) is 0. The molecule has 2 aromatic carbocycles. The molecule has 1 amide bonds. The van der Waals surface area contributed by atoms with Crippen LogP contribution in [0.4, 0.5) is 0 Å². The van der Waals surface area contributed by atoms with Gasteiger partial charge in [0.1, 0.15) is 5.76 Å². The molecular weight excluding hydrogens is 453 g/mol. The number of amides is 1. The fourth-order valence-corrected chi connectivity index (χ4v) is 3.89. The second-order valence-corrected chi connectivity index (χ2v) is 7.78. The highest BCUT2D eigenvalue weighted by molar-refractivity contribution is 6.47. The van der Waals surface area contributed by atoms with Crippen molar-refractivity contribution in [1.29, 1.82) is 0 Å². The molecule has 30 heavy (non-hydrogen) atoms. The minimum absolute atomic E-state index is 0.0611. The highest BCUT2D eigenvalue weighted by Crippen LogP contribution is 2.42. The molecule has 2 aromatic rings. The van der Waals surface area contributed by atoms with Gasteiger partial charge in [0, 0.05) is 27.2 Å². The van der Waals surface area contributed by atoms with Crippen molar-refractivity contribution in [2.24, 2.45) is 0 Å². The minimum Gasteiger partial charge on any atom is -0.507 e. The zero-order valence-electron chi connectivity index (χ0n) is 15.6. The third-order valence-corrected chi connectivity index (χ3v) is 5.44. The first-order valence-electron chi connectivity index (χ1n) is 9.03. The Hall–Kier alpha value is -2.09. The molecule has 6 nitrogen and oxygen atoms in total. The van der Waals surface area contributed by atoms with Gasteiger partial charge >= 0.3 is 0 Å². The van der Waals surface area contributed by atoms with Crippen molar-refractivity contribution >= 4 is 52.3 Å². The fourth-order valence-electron chi connectivity index (χ4n) is 3.25. The van der Waals surface area contributed by atoms with Gasteiger partial charge < -0.3 is 19.8 Å². The van der Waals surface area contributed by atoms with E-state index in [1.165, 1.54) is 11.0 Å². The van der Waals surface area contributed by atoms with Crippen molar-refractivity contribution in [3.05, 3.63) is 74.2 Å². The first kappa shape index (κ1) is 22.6. The van der Waals surface area contributed by atoms with Crippen LogP contribution in [0.25, 0.3) is 5.76 Å². The second-order valence-electron chi connectivity index (χ2n) is 6.50. The number of rotatable bonds is 7. The molecule has 0 saturated carbocycles. The highest BCUT2D eigenvalue weighted by atomic mass is 35.5. The molecule has 9 heteroatoms. The second kappa shape index (κ2) is 9.81. The molecule has 0 aliphatic carbocycles. The van der Waals surface area contributed by atoms with E-state index in [9.17, 15) is 14.7 Å². The van der Waals surface area contributed by atoms with Crippen molar-refractivity contribution in [3.8, 4) is 0 Å². The number of aliphatic hydroxyl groups is 2. The lowest BCUT2D eigenvalue weighted by Crippen LogP contribution is -2.33. The molecule has 158 valence electrons. The van der Waals surface area contributed by atoms with Gasteiger partial charge in [0.05, 0.1) is 31.4 Å². The molecular formula is C21H18Cl3NO5. The highest BCUT2D eigenvalue weighted by Gasteiger charge is 2.46. The summed E-state index contributed by atoms with van der Waals surface area (Å²) < 4.78 is 5.25. The number of ether oxygens (including phenoxy) is 1. The number of ketones is 1. The van der Waals surface area contributed by atoms with Crippen molar-refractivity contribution in [2.45, 2.75) is 6.04 Å². The van der Waals surface area contributed by atoms with Gasteiger partial charge in [0.2, 0.25) is 0 Å². The topological polar surface area (TPSA) is 87.1 Å². The number of nitrogens with zero attached hydrogens (tertiary/aromatic N) is 1. The fraction of sp³-hybridized carbons (Fsp3) is 0.238. The Balaban J connectivity index is 2.10. The summed E-state index contributed by atoms with van der Waals surface area (Å²) in [5.74, 6) is -1.95. The summed E-state index contributed by atoms with van der Waals surface area (Å²) in [4.78, 5) is 26.9. The van der Waals surface area contributed by atoms with Crippen LogP contribution in [-0.4, -0.2) is 53.2 Å². The molecule has 1 heterocycles. The SMILES string of the molecule is O=C1C(=O)N(CCOCCO)C(c2ccc(Cl)cc2Cl)C1=C(O)c1ccc(Cl)cc1. The first-order valence-corrected chi connectivity index (χ1v) is 10.2.